The number of rotatable bonds is 10. The van der Waals surface area contributed by atoms with Gasteiger partial charge in [-0.3, -0.25) is 9.59 Å². The number of aromatic amines is 1. The van der Waals surface area contributed by atoms with Crippen molar-refractivity contribution in [2.75, 3.05) is 6.61 Å². The summed E-state index contributed by atoms with van der Waals surface area (Å²) in [4.78, 5) is 31.7. The van der Waals surface area contributed by atoms with Gasteiger partial charge in [-0.25, -0.2) is 8.91 Å². The number of carbonyl (C=O) groups is 2. The van der Waals surface area contributed by atoms with Gasteiger partial charge in [-0.2, -0.15) is 10.1 Å². The van der Waals surface area contributed by atoms with Gasteiger partial charge in [0.2, 0.25) is 5.88 Å². The van der Waals surface area contributed by atoms with Crippen LogP contribution in [0.5, 0.6) is 17.4 Å². The molecule has 0 saturated heterocycles. The Bertz CT molecular complexity index is 1470. The fourth-order valence-electron chi connectivity index (χ4n) is 4.07. The van der Waals surface area contributed by atoms with Gasteiger partial charge in [0.05, 0.1) is 11.6 Å². The number of aromatic nitrogens is 4. The van der Waals surface area contributed by atoms with E-state index in [0.29, 0.717) is 34.2 Å². The number of carbonyl (C=O) groups excluding carboxylic acids is 2. The molecule has 37 heavy (non-hydrogen) atoms. The predicted molar refractivity (Wildman–Crippen MR) is 136 cm³/mol. The Morgan fingerprint density at radius 3 is 2.70 bits per heavy atom. The highest BCUT2D eigenvalue weighted by Crippen LogP contribution is 2.35. The van der Waals surface area contributed by atoms with E-state index in [1.165, 1.54) is 6.33 Å². The summed E-state index contributed by atoms with van der Waals surface area (Å²) < 4.78 is 34.0. The SMILES string of the molecule is CCC(=O)CC(C)(C)C(=O)O[C@H](C)COc1cn2ncnc(Oc3ccc4[nH]c(C)cc4c3F)c2c1C. The number of esters is 1. The number of nitrogens with zero attached hydrogens (tertiary/aromatic N) is 3. The summed E-state index contributed by atoms with van der Waals surface area (Å²) in [6.45, 7) is 10.6. The monoisotopic (exact) mass is 510 g/mol. The zero-order valence-electron chi connectivity index (χ0n) is 21.8. The van der Waals surface area contributed by atoms with E-state index in [1.807, 2.05) is 13.8 Å². The average Bonchev–Trinajstić information content (AvgIpc) is 3.39. The van der Waals surface area contributed by atoms with Crippen molar-refractivity contribution >= 4 is 28.2 Å². The molecular formula is C27H31FN4O5. The summed E-state index contributed by atoms with van der Waals surface area (Å²) in [7, 11) is 0. The zero-order chi connectivity index (χ0) is 26.9. The van der Waals surface area contributed by atoms with Crippen molar-refractivity contribution in [3.63, 3.8) is 0 Å². The molecule has 1 atom stereocenters. The third kappa shape index (κ3) is 5.42. The van der Waals surface area contributed by atoms with Crippen molar-refractivity contribution in [3.8, 4) is 17.4 Å². The van der Waals surface area contributed by atoms with E-state index in [0.717, 1.165) is 5.69 Å². The van der Waals surface area contributed by atoms with Crippen molar-refractivity contribution in [1.82, 2.24) is 19.6 Å². The molecule has 0 spiro atoms. The van der Waals surface area contributed by atoms with E-state index < -0.39 is 23.3 Å². The minimum atomic E-state index is -0.915. The molecule has 4 rings (SSSR count). The van der Waals surface area contributed by atoms with Gasteiger partial charge in [0, 0.05) is 35.0 Å². The van der Waals surface area contributed by atoms with Crippen LogP contribution in [0.15, 0.2) is 30.7 Å². The Kier molecular flexibility index (Phi) is 7.20. The number of hydrogen-bond acceptors (Lipinski definition) is 7. The third-order valence-corrected chi connectivity index (χ3v) is 6.16. The minimum absolute atomic E-state index is 0.00382. The number of Topliss-reactive ketones (excluding diaryl/α,β-unsaturated/α-hetero) is 1. The summed E-state index contributed by atoms with van der Waals surface area (Å²) >= 11 is 0. The van der Waals surface area contributed by atoms with E-state index in [9.17, 15) is 9.59 Å². The second-order valence-corrected chi connectivity index (χ2v) is 9.85. The lowest BCUT2D eigenvalue weighted by atomic mass is 9.87. The molecule has 3 heterocycles. The number of H-pyrrole nitrogens is 1. The van der Waals surface area contributed by atoms with Crippen molar-refractivity contribution in [3.05, 3.63) is 47.8 Å². The van der Waals surface area contributed by atoms with E-state index >= 15 is 4.39 Å². The highest BCUT2D eigenvalue weighted by Gasteiger charge is 2.32. The maximum atomic E-state index is 15.1. The van der Waals surface area contributed by atoms with E-state index in [-0.39, 0.29) is 30.4 Å². The lowest BCUT2D eigenvalue weighted by Gasteiger charge is -2.24. The Labute approximate surface area is 213 Å². The van der Waals surface area contributed by atoms with Crippen molar-refractivity contribution < 1.29 is 28.2 Å². The Morgan fingerprint density at radius 1 is 1.22 bits per heavy atom. The molecule has 0 aliphatic heterocycles. The van der Waals surface area contributed by atoms with Crippen LogP contribution >= 0.6 is 0 Å². The maximum Gasteiger partial charge on any atom is 0.312 e. The zero-order valence-corrected chi connectivity index (χ0v) is 21.8. The summed E-state index contributed by atoms with van der Waals surface area (Å²) in [5.74, 6) is -0.231. The van der Waals surface area contributed by atoms with Crippen LogP contribution in [0.2, 0.25) is 0 Å². The van der Waals surface area contributed by atoms with E-state index in [1.54, 1.807) is 56.6 Å². The molecule has 10 heteroatoms. The fraction of sp³-hybridized carbons (Fsp3) is 0.407. The number of ketones is 1. The fourth-order valence-corrected chi connectivity index (χ4v) is 4.07. The number of hydrogen-bond donors (Lipinski definition) is 1. The van der Waals surface area contributed by atoms with Gasteiger partial charge in [0.15, 0.2) is 11.6 Å². The number of benzene rings is 1. The minimum Gasteiger partial charge on any atom is -0.488 e. The summed E-state index contributed by atoms with van der Waals surface area (Å²) in [5, 5.41) is 4.65. The van der Waals surface area contributed by atoms with Crippen LogP contribution in [0.4, 0.5) is 4.39 Å². The van der Waals surface area contributed by atoms with E-state index in [4.69, 9.17) is 14.2 Å². The second kappa shape index (κ2) is 10.2. The normalized spacial score (nSPS) is 12.6. The standard InChI is InChI=1S/C27H31FN4O5/c1-7-18(33)11-27(5,6)26(34)36-16(3)13-35-22-12-32-24(17(22)4)25(29-14-30-32)37-21-9-8-20-19(23(21)28)10-15(2)31-20/h8-10,12,14,16,31H,7,11,13H2,1-6H3/t16-/m1/s1. The molecule has 0 aliphatic rings. The molecule has 0 bridgehead atoms. The van der Waals surface area contributed by atoms with Crippen LogP contribution in [-0.4, -0.2) is 44.0 Å². The smallest absolute Gasteiger partial charge is 0.312 e. The Morgan fingerprint density at radius 2 is 1.97 bits per heavy atom. The molecule has 9 nitrogen and oxygen atoms in total. The highest BCUT2D eigenvalue weighted by atomic mass is 19.1. The van der Waals surface area contributed by atoms with Gasteiger partial charge in [-0.15, -0.1) is 0 Å². The number of aryl methyl sites for hydroxylation is 2. The van der Waals surface area contributed by atoms with Crippen LogP contribution in [0, 0.1) is 25.1 Å². The third-order valence-electron chi connectivity index (χ3n) is 6.16. The molecule has 4 aromatic rings. The van der Waals surface area contributed by atoms with Crippen LogP contribution in [-0.2, 0) is 14.3 Å². The molecule has 0 saturated carbocycles. The van der Waals surface area contributed by atoms with Crippen molar-refractivity contribution in [2.24, 2.45) is 5.41 Å². The molecule has 1 aromatic carbocycles. The number of halogens is 1. The van der Waals surface area contributed by atoms with Gasteiger partial charge in [-0.1, -0.05) is 6.92 Å². The highest BCUT2D eigenvalue weighted by molar-refractivity contribution is 5.86. The van der Waals surface area contributed by atoms with Gasteiger partial charge < -0.3 is 19.2 Å². The first-order chi connectivity index (χ1) is 17.5. The largest absolute Gasteiger partial charge is 0.488 e. The van der Waals surface area contributed by atoms with Crippen molar-refractivity contribution in [2.45, 2.75) is 60.5 Å². The quantitative estimate of drug-likeness (QED) is 0.282. The van der Waals surface area contributed by atoms with Crippen LogP contribution in [0.3, 0.4) is 0 Å². The van der Waals surface area contributed by atoms with Gasteiger partial charge in [0.1, 0.15) is 36.1 Å². The molecule has 0 amide bonds. The molecule has 0 aliphatic carbocycles. The maximum absolute atomic E-state index is 15.1. The molecule has 0 fully saturated rings. The average molecular weight is 511 g/mol. The molecule has 196 valence electrons. The van der Waals surface area contributed by atoms with Gasteiger partial charge in [-0.05, 0) is 52.8 Å². The van der Waals surface area contributed by atoms with Gasteiger partial charge in [0.25, 0.3) is 0 Å². The van der Waals surface area contributed by atoms with Gasteiger partial charge >= 0.3 is 5.97 Å². The molecule has 0 radical (unpaired) electrons. The van der Waals surface area contributed by atoms with Crippen LogP contribution in [0.1, 0.15) is 51.8 Å². The van der Waals surface area contributed by atoms with Crippen LogP contribution < -0.4 is 9.47 Å². The topological polar surface area (TPSA) is 108 Å². The Hall–Kier alpha value is -3.95. The van der Waals surface area contributed by atoms with Crippen molar-refractivity contribution in [1.29, 1.82) is 0 Å². The summed E-state index contributed by atoms with van der Waals surface area (Å²) in [6.07, 6.45) is 2.91. The molecule has 0 unspecified atom stereocenters. The van der Waals surface area contributed by atoms with Crippen LogP contribution in [0.25, 0.3) is 16.4 Å². The first kappa shape index (κ1) is 26.1. The molecule has 1 N–H and O–H groups in total. The first-order valence-corrected chi connectivity index (χ1v) is 12.1. The molecular weight excluding hydrogens is 479 g/mol. The predicted octanol–water partition coefficient (Wildman–Crippen LogP) is 5.46. The number of nitrogens with one attached hydrogen (secondary N) is 1. The number of fused-ring (bicyclic) bond motifs is 2. The summed E-state index contributed by atoms with van der Waals surface area (Å²) in [6, 6.07) is 5.02. The lowest BCUT2D eigenvalue weighted by molar-refractivity contribution is -0.161. The Balaban J connectivity index is 1.49. The second-order valence-electron chi connectivity index (χ2n) is 9.85. The first-order valence-electron chi connectivity index (χ1n) is 12.1. The van der Waals surface area contributed by atoms with E-state index in [2.05, 4.69) is 15.1 Å². The molecule has 3 aromatic heterocycles. The summed E-state index contributed by atoms with van der Waals surface area (Å²) in [5.41, 5.74) is 1.81. The lowest BCUT2D eigenvalue weighted by Crippen LogP contribution is -2.33. The number of ether oxygens (including phenoxy) is 3.